The standard InChI is InChI=1S/C17H36O5/c1-10-15(5,6)19-21-17(9,13-14(4)18-12-3)22-20-16(7,8)11-2/h14H,10-13H2,1-9H3. The van der Waals surface area contributed by atoms with Crippen molar-refractivity contribution < 1.29 is 24.3 Å². The van der Waals surface area contributed by atoms with Crippen LogP contribution in [-0.2, 0) is 24.3 Å². The van der Waals surface area contributed by atoms with Crippen LogP contribution in [0, 0.1) is 0 Å². The summed E-state index contributed by atoms with van der Waals surface area (Å²) in [5.41, 5.74) is -0.778. The molecule has 0 spiro atoms. The van der Waals surface area contributed by atoms with E-state index in [1.165, 1.54) is 0 Å². The van der Waals surface area contributed by atoms with E-state index in [9.17, 15) is 0 Å². The van der Waals surface area contributed by atoms with Crippen molar-refractivity contribution in [2.75, 3.05) is 6.61 Å². The van der Waals surface area contributed by atoms with Gasteiger partial charge in [0, 0.05) is 13.0 Å². The summed E-state index contributed by atoms with van der Waals surface area (Å²) >= 11 is 0. The van der Waals surface area contributed by atoms with E-state index in [4.69, 9.17) is 24.3 Å². The van der Waals surface area contributed by atoms with Crippen molar-refractivity contribution in [2.45, 2.75) is 105 Å². The molecule has 0 aromatic heterocycles. The Labute approximate surface area is 136 Å². The first kappa shape index (κ1) is 21.8. The van der Waals surface area contributed by atoms with Gasteiger partial charge in [-0.05, 0) is 61.3 Å². The van der Waals surface area contributed by atoms with E-state index in [-0.39, 0.29) is 17.3 Å². The van der Waals surface area contributed by atoms with Crippen molar-refractivity contribution in [3.8, 4) is 0 Å². The molecule has 0 aliphatic carbocycles. The van der Waals surface area contributed by atoms with Crippen molar-refractivity contribution in [1.82, 2.24) is 0 Å². The van der Waals surface area contributed by atoms with E-state index < -0.39 is 5.79 Å². The third-order valence-corrected chi connectivity index (χ3v) is 3.70. The van der Waals surface area contributed by atoms with E-state index in [0.717, 1.165) is 12.8 Å². The predicted molar refractivity (Wildman–Crippen MR) is 87.2 cm³/mol. The SMILES string of the molecule is CCOC(C)CC(C)(OOC(C)(C)CC)OOC(C)(C)CC. The fourth-order valence-electron chi connectivity index (χ4n) is 1.47. The molecule has 0 aliphatic heterocycles. The summed E-state index contributed by atoms with van der Waals surface area (Å²) in [5, 5.41) is 0. The molecule has 1 unspecified atom stereocenters. The van der Waals surface area contributed by atoms with Crippen molar-refractivity contribution in [3.05, 3.63) is 0 Å². The third-order valence-electron chi connectivity index (χ3n) is 3.70. The number of hydrogen-bond donors (Lipinski definition) is 0. The average Bonchev–Trinajstić information content (AvgIpc) is 2.44. The first-order chi connectivity index (χ1) is 9.99. The highest BCUT2D eigenvalue weighted by molar-refractivity contribution is 4.69. The molecule has 0 aromatic carbocycles. The van der Waals surface area contributed by atoms with Crippen LogP contribution in [0.3, 0.4) is 0 Å². The minimum atomic E-state index is -1.03. The van der Waals surface area contributed by atoms with Crippen LogP contribution in [0.2, 0.25) is 0 Å². The molecule has 0 heterocycles. The minimum Gasteiger partial charge on any atom is -0.379 e. The highest BCUT2D eigenvalue weighted by atomic mass is 17.3. The maximum atomic E-state index is 5.61. The highest BCUT2D eigenvalue weighted by Gasteiger charge is 2.36. The summed E-state index contributed by atoms with van der Waals surface area (Å²) in [6.07, 6.45) is 2.12. The Balaban J connectivity index is 4.81. The Kier molecular flexibility index (Phi) is 9.10. The van der Waals surface area contributed by atoms with Crippen LogP contribution >= 0.6 is 0 Å². The van der Waals surface area contributed by atoms with Crippen molar-refractivity contribution in [2.24, 2.45) is 0 Å². The highest BCUT2D eigenvalue weighted by Crippen LogP contribution is 2.28. The first-order valence-corrected chi connectivity index (χ1v) is 8.34. The second-order valence-electron chi connectivity index (χ2n) is 7.16. The van der Waals surface area contributed by atoms with Gasteiger partial charge in [-0.25, -0.2) is 9.78 Å². The van der Waals surface area contributed by atoms with Crippen LogP contribution < -0.4 is 0 Å². The van der Waals surface area contributed by atoms with Crippen LogP contribution in [-0.4, -0.2) is 29.7 Å². The molecule has 0 N–H and O–H groups in total. The molecule has 0 saturated heterocycles. The Bertz CT molecular complexity index is 281. The second-order valence-corrected chi connectivity index (χ2v) is 7.16. The maximum Gasteiger partial charge on any atom is 0.233 e. The largest absolute Gasteiger partial charge is 0.379 e. The van der Waals surface area contributed by atoms with Crippen LogP contribution in [0.25, 0.3) is 0 Å². The van der Waals surface area contributed by atoms with E-state index in [1.807, 2.05) is 55.4 Å². The lowest BCUT2D eigenvalue weighted by Gasteiger charge is -2.35. The molecule has 5 heteroatoms. The Morgan fingerprint density at radius 2 is 1.14 bits per heavy atom. The molecule has 134 valence electrons. The molecule has 0 fully saturated rings. The lowest BCUT2D eigenvalue weighted by molar-refractivity contribution is -0.541. The summed E-state index contributed by atoms with van der Waals surface area (Å²) in [7, 11) is 0. The van der Waals surface area contributed by atoms with Crippen LogP contribution in [0.5, 0.6) is 0 Å². The maximum absolute atomic E-state index is 5.61. The normalized spacial score (nSPS) is 15.1. The van der Waals surface area contributed by atoms with Gasteiger partial charge in [-0.3, -0.25) is 0 Å². The van der Waals surface area contributed by atoms with Gasteiger partial charge in [0.1, 0.15) is 0 Å². The van der Waals surface area contributed by atoms with Crippen LogP contribution in [0.15, 0.2) is 0 Å². The van der Waals surface area contributed by atoms with E-state index in [2.05, 4.69) is 0 Å². The molecule has 1 atom stereocenters. The zero-order valence-electron chi connectivity index (χ0n) is 15.9. The monoisotopic (exact) mass is 320 g/mol. The minimum absolute atomic E-state index is 0.0309. The fraction of sp³-hybridized carbons (Fsp3) is 1.00. The lowest BCUT2D eigenvalue weighted by Crippen LogP contribution is -2.42. The van der Waals surface area contributed by atoms with Crippen molar-refractivity contribution in [1.29, 1.82) is 0 Å². The molecule has 0 radical (unpaired) electrons. The zero-order chi connectivity index (χ0) is 17.4. The molecule has 5 nitrogen and oxygen atoms in total. The van der Waals surface area contributed by atoms with Gasteiger partial charge in [0.25, 0.3) is 0 Å². The van der Waals surface area contributed by atoms with Gasteiger partial charge < -0.3 is 4.74 Å². The molecule has 0 rings (SSSR count). The Morgan fingerprint density at radius 3 is 1.45 bits per heavy atom. The summed E-state index contributed by atoms with van der Waals surface area (Å²) in [4.78, 5) is 22.4. The molecule has 0 amide bonds. The smallest absolute Gasteiger partial charge is 0.233 e. The summed E-state index contributed by atoms with van der Waals surface area (Å²) < 4.78 is 5.58. The number of rotatable bonds is 12. The molecular formula is C17H36O5. The van der Waals surface area contributed by atoms with Gasteiger partial charge in [0.05, 0.1) is 17.3 Å². The van der Waals surface area contributed by atoms with Crippen LogP contribution in [0.1, 0.15) is 81.6 Å². The number of hydrogen-bond acceptors (Lipinski definition) is 5. The Hall–Kier alpha value is -0.200. The fourth-order valence-corrected chi connectivity index (χ4v) is 1.47. The van der Waals surface area contributed by atoms with Crippen LogP contribution in [0.4, 0.5) is 0 Å². The summed E-state index contributed by atoms with van der Waals surface area (Å²) in [6.45, 7) is 18.3. The van der Waals surface area contributed by atoms with Gasteiger partial charge in [-0.1, -0.05) is 13.8 Å². The summed E-state index contributed by atoms with van der Waals surface area (Å²) in [6, 6.07) is 0. The number of ether oxygens (including phenoxy) is 1. The quantitative estimate of drug-likeness (QED) is 0.294. The van der Waals surface area contributed by atoms with Crippen molar-refractivity contribution in [3.63, 3.8) is 0 Å². The van der Waals surface area contributed by atoms with Gasteiger partial charge in [0.15, 0.2) is 0 Å². The van der Waals surface area contributed by atoms with Gasteiger partial charge in [-0.15, -0.1) is 0 Å². The van der Waals surface area contributed by atoms with Crippen molar-refractivity contribution >= 4 is 0 Å². The van der Waals surface area contributed by atoms with E-state index in [1.54, 1.807) is 6.92 Å². The Morgan fingerprint density at radius 1 is 0.727 bits per heavy atom. The molecule has 0 aliphatic rings. The molecule has 22 heavy (non-hydrogen) atoms. The lowest BCUT2D eigenvalue weighted by atomic mass is 10.1. The third kappa shape index (κ3) is 9.06. The molecule has 0 bridgehead atoms. The molecular weight excluding hydrogens is 284 g/mol. The van der Waals surface area contributed by atoms with Gasteiger partial charge in [0.2, 0.25) is 5.79 Å². The molecule has 0 aromatic rings. The van der Waals surface area contributed by atoms with Gasteiger partial charge >= 0.3 is 0 Å². The molecule has 0 saturated carbocycles. The first-order valence-electron chi connectivity index (χ1n) is 8.34. The zero-order valence-corrected chi connectivity index (χ0v) is 15.9. The summed E-state index contributed by atoms with van der Waals surface area (Å²) in [5.74, 6) is -1.03. The average molecular weight is 320 g/mol. The van der Waals surface area contributed by atoms with Gasteiger partial charge in [-0.2, -0.15) is 9.78 Å². The predicted octanol–water partition coefficient (Wildman–Crippen LogP) is 4.79. The second kappa shape index (κ2) is 9.18. The topological polar surface area (TPSA) is 46.2 Å². The van der Waals surface area contributed by atoms with E-state index >= 15 is 0 Å². The van der Waals surface area contributed by atoms with E-state index in [0.29, 0.717) is 13.0 Å².